The van der Waals surface area contributed by atoms with E-state index < -0.39 is 46.0 Å². The van der Waals surface area contributed by atoms with E-state index in [0.717, 1.165) is 6.07 Å². The molecule has 3 unspecified atom stereocenters. The molecular formula is C25H31F6N3O3. The maximum absolute atomic E-state index is 13.9. The minimum atomic E-state index is -4.70. The van der Waals surface area contributed by atoms with Crippen LogP contribution in [-0.4, -0.2) is 55.8 Å². The van der Waals surface area contributed by atoms with Crippen molar-refractivity contribution in [3.05, 3.63) is 24.0 Å². The molecule has 1 aliphatic heterocycles. The molecule has 0 spiro atoms. The predicted molar refractivity (Wildman–Crippen MR) is 122 cm³/mol. The van der Waals surface area contributed by atoms with Gasteiger partial charge in [0.1, 0.15) is 12.4 Å². The molecule has 2 heterocycles. The molecule has 3 saturated carbocycles. The van der Waals surface area contributed by atoms with E-state index in [2.05, 4.69) is 10.3 Å². The summed E-state index contributed by atoms with van der Waals surface area (Å²) in [7, 11) is 0. The lowest BCUT2D eigenvalue weighted by Gasteiger charge is -2.76. The van der Waals surface area contributed by atoms with Gasteiger partial charge < -0.3 is 24.8 Å². The van der Waals surface area contributed by atoms with Crippen LogP contribution in [0.15, 0.2) is 18.5 Å². The van der Waals surface area contributed by atoms with Gasteiger partial charge in [-0.05, 0) is 58.9 Å². The Hall–Kier alpha value is -2.05. The normalized spacial score (nSPS) is 34.2. The van der Waals surface area contributed by atoms with Crippen LogP contribution in [0.4, 0.5) is 26.3 Å². The standard InChI is InChI=1S/C25H31F6N3O3/c1-14-6-23(36,21-9-22(10-21,11-21)25(29,30)31)7-15(33-14)8-37-16-4-17(24(26,27)28)19-18(5-16)32-13-34(19)12-20(2,3)35/h4-5,13-15,33,35-36H,6-12H2,1-3H3. The summed E-state index contributed by atoms with van der Waals surface area (Å²) >= 11 is 0. The molecule has 0 radical (unpaired) electrons. The molecule has 3 N–H and O–H groups in total. The van der Waals surface area contributed by atoms with Gasteiger partial charge in [-0.3, -0.25) is 0 Å². The van der Waals surface area contributed by atoms with Gasteiger partial charge >= 0.3 is 12.4 Å². The minimum Gasteiger partial charge on any atom is -0.492 e. The summed E-state index contributed by atoms with van der Waals surface area (Å²) in [6.45, 7) is 4.63. The van der Waals surface area contributed by atoms with Crippen LogP contribution in [0.5, 0.6) is 5.75 Å². The Balaban J connectivity index is 1.33. The van der Waals surface area contributed by atoms with Crippen LogP contribution < -0.4 is 10.1 Å². The second-order valence-corrected chi connectivity index (χ2v) is 12.1. The summed E-state index contributed by atoms with van der Waals surface area (Å²) in [6, 6.07) is 1.62. The first kappa shape index (κ1) is 26.6. The summed E-state index contributed by atoms with van der Waals surface area (Å²) in [5, 5.41) is 24.8. The number of rotatable bonds is 6. The monoisotopic (exact) mass is 535 g/mol. The highest BCUT2D eigenvalue weighted by molar-refractivity contribution is 5.81. The average molecular weight is 536 g/mol. The van der Waals surface area contributed by atoms with E-state index in [-0.39, 0.29) is 61.7 Å². The lowest BCUT2D eigenvalue weighted by Crippen LogP contribution is -2.78. The molecule has 1 aromatic heterocycles. The number of aliphatic hydroxyl groups is 2. The Kier molecular flexibility index (Phi) is 5.73. The smallest absolute Gasteiger partial charge is 0.418 e. The number of piperidine rings is 1. The third-order valence-electron chi connectivity index (χ3n) is 8.37. The molecule has 0 amide bonds. The molecule has 1 saturated heterocycles. The molecule has 37 heavy (non-hydrogen) atoms. The van der Waals surface area contributed by atoms with E-state index >= 15 is 0 Å². The number of fused-ring (bicyclic) bond motifs is 1. The van der Waals surface area contributed by atoms with Gasteiger partial charge in [-0.1, -0.05) is 0 Å². The van der Waals surface area contributed by atoms with Crippen molar-refractivity contribution in [3.63, 3.8) is 0 Å². The van der Waals surface area contributed by atoms with E-state index in [1.165, 1.54) is 30.8 Å². The van der Waals surface area contributed by atoms with Crippen molar-refractivity contribution >= 4 is 11.0 Å². The Morgan fingerprint density at radius 1 is 1.11 bits per heavy atom. The van der Waals surface area contributed by atoms with Gasteiger partial charge in [0.2, 0.25) is 0 Å². The Labute approximate surface area is 210 Å². The quantitative estimate of drug-likeness (QED) is 0.463. The summed E-state index contributed by atoms with van der Waals surface area (Å²) in [5.74, 6) is -0.0570. The number of alkyl halides is 6. The molecule has 206 valence electrons. The van der Waals surface area contributed by atoms with Crippen molar-refractivity contribution in [1.82, 2.24) is 14.9 Å². The number of nitrogens with one attached hydrogen (secondary N) is 1. The third kappa shape index (κ3) is 4.38. The molecule has 2 aromatic rings. The first-order chi connectivity index (χ1) is 16.9. The molecule has 1 aromatic carbocycles. The molecule has 4 fully saturated rings. The number of benzene rings is 1. The topological polar surface area (TPSA) is 79.5 Å². The number of aromatic nitrogens is 2. The van der Waals surface area contributed by atoms with Crippen LogP contribution in [-0.2, 0) is 12.7 Å². The molecule has 12 heteroatoms. The molecule has 3 aliphatic carbocycles. The summed E-state index contributed by atoms with van der Waals surface area (Å²) < 4.78 is 88.9. The number of imidazole rings is 1. The highest BCUT2D eigenvalue weighted by atomic mass is 19.4. The Morgan fingerprint density at radius 3 is 2.32 bits per heavy atom. The van der Waals surface area contributed by atoms with Gasteiger partial charge in [0.25, 0.3) is 0 Å². The molecule has 3 atom stereocenters. The average Bonchev–Trinajstić information content (AvgIpc) is 3.01. The van der Waals surface area contributed by atoms with E-state index in [1.54, 1.807) is 0 Å². The number of nitrogens with zero attached hydrogens (tertiary/aromatic N) is 2. The molecular weight excluding hydrogens is 504 g/mol. The van der Waals surface area contributed by atoms with E-state index in [9.17, 15) is 36.6 Å². The van der Waals surface area contributed by atoms with Crippen molar-refractivity contribution < 1.29 is 41.3 Å². The van der Waals surface area contributed by atoms with Gasteiger partial charge in [0, 0.05) is 23.6 Å². The van der Waals surface area contributed by atoms with Crippen LogP contribution in [0.3, 0.4) is 0 Å². The minimum absolute atomic E-state index is 0.0570. The predicted octanol–water partition coefficient (Wildman–Crippen LogP) is 4.81. The zero-order valence-corrected chi connectivity index (χ0v) is 20.8. The fourth-order valence-corrected chi connectivity index (χ4v) is 6.86. The fraction of sp³-hybridized carbons (Fsp3) is 0.720. The van der Waals surface area contributed by atoms with Gasteiger partial charge in [0.05, 0.1) is 46.1 Å². The number of hydrogen-bond acceptors (Lipinski definition) is 5. The molecule has 4 aliphatic rings. The SMILES string of the molecule is CC1CC(O)(C23CC(C(F)(F)F)(C2)C3)CC(COc2cc(C(F)(F)F)c3c(c2)ncn3CC(C)(C)O)N1. The van der Waals surface area contributed by atoms with E-state index in [0.29, 0.717) is 6.42 Å². The molecule has 6 rings (SSSR count). The summed E-state index contributed by atoms with van der Waals surface area (Å²) in [5.41, 5.74) is -6.06. The van der Waals surface area contributed by atoms with Crippen LogP contribution in [0, 0.1) is 10.8 Å². The second-order valence-electron chi connectivity index (χ2n) is 12.1. The lowest BCUT2D eigenvalue weighted by molar-refractivity contribution is -0.403. The Bertz CT molecular complexity index is 1180. The summed E-state index contributed by atoms with van der Waals surface area (Å²) in [6.07, 6.45) is -7.53. The van der Waals surface area contributed by atoms with Gasteiger partial charge in [0.15, 0.2) is 0 Å². The van der Waals surface area contributed by atoms with Crippen LogP contribution in [0.1, 0.15) is 58.4 Å². The first-order valence-corrected chi connectivity index (χ1v) is 12.3. The van der Waals surface area contributed by atoms with Crippen molar-refractivity contribution in [3.8, 4) is 5.75 Å². The van der Waals surface area contributed by atoms with Crippen LogP contribution in [0.2, 0.25) is 0 Å². The number of halogens is 6. The molecule has 2 bridgehead atoms. The van der Waals surface area contributed by atoms with Crippen molar-refractivity contribution in [2.45, 2.75) is 95.1 Å². The maximum Gasteiger partial charge on any atom is 0.418 e. The van der Waals surface area contributed by atoms with Gasteiger partial charge in [-0.25, -0.2) is 4.98 Å². The van der Waals surface area contributed by atoms with E-state index in [4.69, 9.17) is 4.74 Å². The lowest BCUT2D eigenvalue weighted by atomic mass is 9.29. The number of hydrogen-bond donors (Lipinski definition) is 3. The highest BCUT2D eigenvalue weighted by Crippen LogP contribution is 2.82. The zero-order chi connectivity index (χ0) is 27.2. The largest absolute Gasteiger partial charge is 0.492 e. The zero-order valence-electron chi connectivity index (χ0n) is 20.8. The third-order valence-corrected chi connectivity index (χ3v) is 8.37. The maximum atomic E-state index is 13.9. The molecule has 6 nitrogen and oxygen atoms in total. The van der Waals surface area contributed by atoms with Crippen molar-refractivity contribution in [2.75, 3.05) is 6.61 Å². The fourth-order valence-electron chi connectivity index (χ4n) is 6.86. The van der Waals surface area contributed by atoms with Crippen LogP contribution >= 0.6 is 0 Å². The Morgan fingerprint density at radius 2 is 1.76 bits per heavy atom. The van der Waals surface area contributed by atoms with Gasteiger partial charge in [-0.15, -0.1) is 0 Å². The highest BCUT2D eigenvalue weighted by Gasteiger charge is 2.83. The van der Waals surface area contributed by atoms with Crippen molar-refractivity contribution in [1.29, 1.82) is 0 Å². The van der Waals surface area contributed by atoms with Crippen molar-refractivity contribution in [2.24, 2.45) is 10.8 Å². The number of ether oxygens (including phenoxy) is 1. The van der Waals surface area contributed by atoms with E-state index in [1.807, 2.05) is 6.92 Å². The van der Waals surface area contributed by atoms with Gasteiger partial charge in [-0.2, -0.15) is 26.3 Å². The summed E-state index contributed by atoms with van der Waals surface area (Å²) in [4.78, 5) is 4.07. The van der Waals surface area contributed by atoms with Crippen LogP contribution in [0.25, 0.3) is 11.0 Å². The second kappa shape index (κ2) is 7.98. The first-order valence-electron chi connectivity index (χ1n) is 12.3.